The molecule has 3 aromatic carbocycles. The monoisotopic (exact) mass is 526 g/mol. The first kappa shape index (κ1) is 29.7. The standard InChI is InChI=1S/C17H13.C11H17.2ClH.Zr/c1-3-12-5-7-14-11-15-8-6-13(4-2)10-17(15)16(14)9-12;1-5-9-6-7-10(8-9)11(2,3)4;;;/h3-7,9-10H,1-2,11H2;6-8H,5H2,1-4H3;2*1H;/q2*-1;;;+4/p-2. The maximum Gasteiger partial charge on any atom is 4.00 e. The van der Waals surface area contributed by atoms with Gasteiger partial charge in [0.25, 0.3) is 0 Å². The van der Waals surface area contributed by atoms with Gasteiger partial charge in [0.15, 0.2) is 0 Å². The van der Waals surface area contributed by atoms with Gasteiger partial charge in [-0.2, -0.15) is 47.0 Å². The number of halogens is 2. The van der Waals surface area contributed by atoms with Crippen molar-refractivity contribution in [3.63, 3.8) is 0 Å². The Morgan fingerprint density at radius 3 is 2.16 bits per heavy atom. The van der Waals surface area contributed by atoms with E-state index >= 15 is 0 Å². The number of fused-ring (bicyclic) bond motifs is 3. The SMILES string of the molecule is C=Cc1c[c-]c2c(c1)-c1cc(C=C)ccc1C2.CCc1cc(C(C)(C)C)c[cH-]1.[Cl-].[Cl-].[Zr+4]. The summed E-state index contributed by atoms with van der Waals surface area (Å²) in [6.45, 7) is 16.6. The first-order valence-electron chi connectivity index (χ1n) is 10.0. The van der Waals surface area contributed by atoms with E-state index in [4.69, 9.17) is 0 Å². The summed E-state index contributed by atoms with van der Waals surface area (Å²) in [4.78, 5) is 0. The smallest absolute Gasteiger partial charge is 1.00 e. The van der Waals surface area contributed by atoms with E-state index in [1.807, 2.05) is 18.2 Å². The molecular formula is C28H30Cl2Zr. The van der Waals surface area contributed by atoms with E-state index < -0.39 is 0 Å². The minimum absolute atomic E-state index is 0. The Morgan fingerprint density at radius 1 is 1.00 bits per heavy atom. The molecule has 0 atom stereocenters. The molecule has 1 aliphatic carbocycles. The zero-order valence-electron chi connectivity index (χ0n) is 18.9. The number of hydrogen-bond donors (Lipinski definition) is 0. The summed E-state index contributed by atoms with van der Waals surface area (Å²) < 4.78 is 0. The van der Waals surface area contributed by atoms with Crippen molar-refractivity contribution in [1.29, 1.82) is 0 Å². The van der Waals surface area contributed by atoms with Gasteiger partial charge < -0.3 is 24.8 Å². The van der Waals surface area contributed by atoms with E-state index in [1.54, 1.807) is 0 Å². The van der Waals surface area contributed by atoms with Crippen LogP contribution in [0.15, 0.2) is 61.7 Å². The van der Waals surface area contributed by atoms with E-state index in [9.17, 15) is 0 Å². The minimum Gasteiger partial charge on any atom is -1.00 e. The van der Waals surface area contributed by atoms with Gasteiger partial charge in [-0.1, -0.05) is 81.5 Å². The third-order valence-electron chi connectivity index (χ3n) is 5.40. The third-order valence-corrected chi connectivity index (χ3v) is 5.40. The second kappa shape index (κ2) is 12.7. The van der Waals surface area contributed by atoms with Crippen molar-refractivity contribution in [2.75, 3.05) is 0 Å². The summed E-state index contributed by atoms with van der Waals surface area (Å²) >= 11 is 0. The van der Waals surface area contributed by atoms with Crippen LogP contribution < -0.4 is 24.8 Å². The van der Waals surface area contributed by atoms with E-state index in [2.05, 4.69) is 89.4 Å². The Balaban J connectivity index is 0.000000572. The predicted molar refractivity (Wildman–Crippen MR) is 124 cm³/mol. The molecule has 0 amide bonds. The quantitative estimate of drug-likeness (QED) is 0.355. The first-order chi connectivity index (χ1) is 13.4. The number of rotatable bonds is 3. The Bertz CT molecular complexity index is 951. The van der Waals surface area contributed by atoms with Crippen LogP contribution in [0, 0.1) is 6.07 Å². The van der Waals surface area contributed by atoms with Crippen molar-refractivity contribution in [3.8, 4) is 11.1 Å². The molecule has 0 unspecified atom stereocenters. The molecule has 0 saturated heterocycles. The molecule has 0 heterocycles. The van der Waals surface area contributed by atoms with Crippen molar-refractivity contribution in [3.05, 3.63) is 101 Å². The molecule has 0 nitrogen and oxygen atoms in total. The van der Waals surface area contributed by atoms with Crippen LogP contribution in [0.1, 0.15) is 61.1 Å². The van der Waals surface area contributed by atoms with Crippen molar-refractivity contribution in [2.45, 2.75) is 46.0 Å². The predicted octanol–water partition coefficient (Wildman–Crippen LogP) is 1.61. The molecule has 160 valence electrons. The molecule has 0 aromatic heterocycles. The third kappa shape index (κ3) is 7.11. The van der Waals surface area contributed by atoms with E-state index in [1.165, 1.54) is 38.9 Å². The second-order valence-corrected chi connectivity index (χ2v) is 8.44. The fourth-order valence-corrected chi connectivity index (χ4v) is 3.54. The zero-order valence-corrected chi connectivity index (χ0v) is 22.8. The normalized spacial score (nSPS) is 10.7. The van der Waals surface area contributed by atoms with Gasteiger partial charge in [-0.3, -0.25) is 0 Å². The van der Waals surface area contributed by atoms with Crippen LogP contribution in [0.2, 0.25) is 0 Å². The van der Waals surface area contributed by atoms with Crippen LogP contribution in [-0.4, -0.2) is 0 Å². The van der Waals surface area contributed by atoms with Crippen LogP contribution in [0.3, 0.4) is 0 Å². The maximum atomic E-state index is 3.82. The van der Waals surface area contributed by atoms with Gasteiger partial charge in [-0.25, -0.2) is 6.07 Å². The van der Waals surface area contributed by atoms with Crippen molar-refractivity contribution in [2.24, 2.45) is 0 Å². The average molecular weight is 529 g/mol. The fraction of sp³-hybridized carbons (Fsp3) is 0.250. The van der Waals surface area contributed by atoms with Crippen molar-refractivity contribution in [1.82, 2.24) is 0 Å². The molecular weight excluding hydrogens is 498 g/mol. The van der Waals surface area contributed by atoms with Crippen molar-refractivity contribution >= 4 is 12.2 Å². The zero-order chi connectivity index (χ0) is 20.3. The topological polar surface area (TPSA) is 0 Å². The van der Waals surface area contributed by atoms with Gasteiger partial charge in [-0.05, 0) is 12.0 Å². The molecule has 0 spiro atoms. The van der Waals surface area contributed by atoms with Gasteiger partial charge in [0.1, 0.15) is 0 Å². The number of aryl methyl sites for hydroxylation is 1. The summed E-state index contributed by atoms with van der Waals surface area (Å²) in [5.41, 5.74) is 10.8. The van der Waals surface area contributed by atoms with Crippen LogP contribution in [0.5, 0.6) is 0 Å². The summed E-state index contributed by atoms with van der Waals surface area (Å²) in [5.74, 6) is 0. The molecule has 31 heavy (non-hydrogen) atoms. The van der Waals surface area contributed by atoms with Crippen LogP contribution in [-0.2, 0) is 44.5 Å². The molecule has 0 saturated carbocycles. The molecule has 1 aliphatic rings. The molecule has 3 heteroatoms. The average Bonchev–Trinajstić information content (AvgIpc) is 3.32. The summed E-state index contributed by atoms with van der Waals surface area (Å²) in [7, 11) is 0. The van der Waals surface area contributed by atoms with Gasteiger partial charge in [0.2, 0.25) is 0 Å². The Labute approximate surface area is 220 Å². The van der Waals surface area contributed by atoms with Crippen LogP contribution >= 0.6 is 0 Å². The molecule has 0 fully saturated rings. The number of hydrogen-bond acceptors (Lipinski definition) is 0. The van der Waals surface area contributed by atoms with E-state index in [0.29, 0.717) is 5.41 Å². The molecule has 4 rings (SSSR count). The second-order valence-electron chi connectivity index (χ2n) is 8.44. The summed E-state index contributed by atoms with van der Waals surface area (Å²) in [6.07, 6.45) is 5.89. The summed E-state index contributed by atoms with van der Waals surface area (Å²) in [6, 6.07) is 20.8. The Morgan fingerprint density at radius 2 is 1.65 bits per heavy atom. The largest absolute Gasteiger partial charge is 4.00 e. The molecule has 0 radical (unpaired) electrons. The van der Waals surface area contributed by atoms with Gasteiger partial charge in [-0.15, -0.1) is 23.8 Å². The van der Waals surface area contributed by atoms with Gasteiger partial charge in [0.05, 0.1) is 0 Å². The van der Waals surface area contributed by atoms with Gasteiger partial charge >= 0.3 is 26.2 Å². The maximum absolute atomic E-state index is 3.82. The van der Waals surface area contributed by atoms with E-state index in [-0.39, 0.29) is 51.0 Å². The fourth-order valence-electron chi connectivity index (χ4n) is 3.54. The number of benzene rings is 2. The molecule has 0 N–H and O–H groups in total. The van der Waals surface area contributed by atoms with Crippen LogP contribution in [0.25, 0.3) is 23.3 Å². The minimum atomic E-state index is 0. The van der Waals surface area contributed by atoms with Crippen LogP contribution in [0.4, 0.5) is 0 Å². The molecule has 0 bridgehead atoms. The summed E-state index contributed by atoms with van der Waals surface area (Å²) in [5, 5.41) is 0. The first-order valence-corrected chi connectivity index (χ1v) is 10.0. The molecule has 3 aromatic rings. The van der Waals surface area contributed by atoms with Crippen molar-refractivity contribution < 1.29 is 51.0 Å². The van der Waals surface area contributed by atoms with E-state index in [0.717, 1.165) is 18.4 Å². The van der Waals surface area contributed by atoms with Gasteiger partial charge in [0, 0.05) is 0 Å². The molecule has 0 aliphatic heterocycles. The Kier molecular flexibility index (Phi) is 12.2. The Hall–Kier alpha value is -1.27.